The first-order chi connectivity index (χ1) is 21.2. The lowest BCUT2D eigenvalue weighted by Gasteiger charge is -2.39. The number of rotatable bonds is 11. The van der Waals surface area contributed by atoms with Crippen LogP contribution < -0.4 is 10.1 Å². The first-order valence-corrected chi connectivity index (χ1v) is 13.9. The number of aliphatic carboxylic acids is 1. The fraction of sp³-hybridized carbons (Fsp3) is 0.355. The molecule has 0 saturated carbocycles. The number of carboxylic acid groups (broad SMARTS) is 1. The fourth-order valence-electron chi connectivity index (χ4n) is 4.90. The van der Waals surface area contributed by atoms with Gasteiger partial charge in [0.05, 0.1) is 17.8 Å². The molecule has 10 nitrogen and oxygen atoms in total. The van der Waals surface area contributed by atoms with Crippen molar-refractivity contribution < 1.29 is 37.3 Å². The Morgan fingerprint density at radius 3 is 2.27 bits per heavy atom. The highest BCUT2D eigenvalue weighted by Crippen LogP contribution is 2.33. The summed E-state index contributed by atoms with van der Waals surface area (Å²) in [5.74, 6) is -1.23. The number of ether oxygens (including phenoxy) is 3. The van der Waals surface area contributed by atoms with E-state index in [1.54, 1.807) is 7.11 Å². The van der Waals surface area contributed by atoms with Gasteiger partial charge in [0, 0.05) is 32.4 Å². The number of hydrogen-bond donors (Lipinski definition) is 2. The summed E-state index contributed by atoms with van der Waals surface area (Å²) in [6.45, 7) is 2.33. The number of nitrogens with one attached hydrogen (secondary N) is 1. The topological polar surface area (TPSA) is 121 Å². The number of halogens is 3. The molecule has 4 aromatic rings. The average Bonchev–Trinajstić information content (AvgIpc) is 3.53. The number of alkyl halides is 3. The van der Waals surface area contributed by atoms with Crippen LogP contribution in [0.2, 0.25) is 0 Å². The minimum atomic E-state index is -5.08. The van der Waals surface area contributed by atoms with Crippen LogP contribution >= 0.6 is 0 Å². The summed E-state index contributed by atoms with van der Waals surface area (Å²) in [4.78, 5) is 8.90. The summed E-state index contributed by atoms with van der Waals surface area (Å²) in [7, 11) is 1.74. The largest absolute Gasteiger partial charge is 0.490 e. The van der Waals surface area contributed by atoms with E-state index in [4.69, 9.17) is 24.1 Å². The van der Waals surface area contributed by atoms with Crippen molar-refractivity contribution in [2.24, 2.45) is 0 Å². The molecule has 1 unspecified atom stereocenters. The number of nitrogens with zero attached hydrogens (tertiary/aromatic N) is 4. The second kappa shape index (κ2) is 15.4. The maximum Gasteiger partial charge on any atom is 0.490 e. The third-order valence-electron chi connectivity index (χ3n) is 6.97. The minimum Gasteiger partial charge on any atom is -0.489 e. The molecule has 1 saturated heterocycles. The van der Waals surface area contributed by atoms with Gasteiger partial charge in [0.15, 0.2) is 5.82 Å². The van der Waals surface area contributed by atoms with Gasteiger partial charge in [-0.2, -0.15) is 17.9 Å². The van der Waals surface area contributed by atoms with Crippen molar-refractivity contribution in [1.82, 2.24) is 25.5 Å². The Bertz CT molecular complexity index is 1450. The van der Waals surface area contributed by atoms with Crippen LogP contribution in [-0.2, 0) is 32.8 Å². The second-order valence-corrected chi connectivity index (χ2v) is 10.2. The molecule has 3 aromatic carbocycles. The molecular weight excluding hydrogens is 579 g/mol. The van der Waals surface area contributed by atoms with Gasteiger partial charge in [-0.15, -0.1) is 5.10 Å². The lowest BCUT2D eigenvalue weighted by atomic mass is 9.87. The SMILES string of the molecule is COCC(Cc1ccccc1)NC1(c2nnnn2-c2cccc(OCc3ccccc3)c2)CCOCC1.O=C(O)C(F)(F)F. The predicted molar refractivity (Wildman–Crippen MR) is 154 cm³/mol. The lowest BCUT2D eigenvalue weighted by Crippen LogP contribution is -2.54. The van der Waals surface area contributed by atoms with Crippen molar-refractivity contribution in [3.05, 3.63) is 102 Å². The lowest BCUT2D eigenvalue weighted by molar-refractivity contribution is -0.192. The highest BCUT2D eigenvalue weighted by Gasteiger charge is 2.41. The van der Waals surface area contributed by atoms with Crippen molar-refractivity contribution in [3.8, 4) is 11.4 Å². The highest BCUT2D eigenvalue weighted by atomic mass is 19.4. The number of aromatic nitrogens is 4. The molecule has 0 spiro atoms. The van der Waals surface area contributed by atoms with Gasteiger partial charge in [0.2, 0.25) is 0 Å². The molecule has 0 radical (unpaired) electrons. The zero-order chi connectivity index (χ0) is 31.4. The molecular formula is C31H34F3N5O5. The average molecular weight is 614 g/mol. The summed E-state index contributed by atoms with van der Waals surface area (Å²) < 4.78 is 51.0. The van der Waals surface area contributed by atoms with Crippen molar-refractivity contribution in [1.29, 1.82) is 0 Å². The van der Waals surface area contributed by atoms with Crippen LogP contribution in [0.5, 0.6) is 5.75 Å². The molecule has 1 atom stereocenters. The van der Waals surface area contributed by atoms with Crippen LogP contribution in [-0.4, -0.2) is 70.4 Å². The molecule has 1 aromatic heterocycles. The zero-order valence-electron chi connectivity index (χ0n) is 24.1. The van der Waals surface area contributed by atoms with Crippen molar-refractivity contribution in [2.75, 3.05) is 26.9 Å². The van der Waals surface area contributed by atoms with Crippen molar-refractivity contribution >= 4 is 5.97 Å². The van der Waals surface area contributed by atoms with E-state index in [1.165, 1.54) is 5.56 Å². The van der Waals surface area contributed by atoms with Gasteiger partial charge in [-0.3, -0.25) is 5.32 Å². The molecule has 1 aliphatic rings. The van der Waals surface area contributed by atoms with Gasteiger partial charge in [-0.25, -0.2) is 4.79 Å². The molecule has 5 rings (SSSR count). The molecule has 0 aliphatic carbocycles. The molecule has 2 N–H and O–H groups in total. The van der Waals surface area contributed by atoms with Crippen LogP contribution in [0.1, 0.15) is 29.8 Å². The van der Waals surface area contributed by atoms with Crippen LogP contribution in [0, 0.1) is 0 Å². The van der Waals surface area contributed by atoms with E-state index in [9.17, 15) is 13.2 Å². The van der Waals surface area contributed by atoms with Gasteiger partial charge in [0.25, 0.3) is 0 Å². The standard InChI is InChI=1S/C29H33N5O3.C2HF3O2/c1-35-22-25(19-23-9-4-2-5-10-23)30-29(15-17-36-18-16-29)28-31-32-33-34(28)26-13-8-14-27(20-26)37-21-24-11-6-3-7-12-24;3-2(4,5)1(6)7/h2-14,20,25,30H,15-19,21-22H2,1H3;(H,6,7). The second-order valence-electron chi connectivity index (χ2n) is 10.2. The third kappa shape index (κ3) is 9.09. The van der Waals surface area contributed by atoms with E-state index in [1.807, 2.05) is 53.2 Å². The van der Waals surface area contributed by atoms with E-state index < -0.39 is 17.7 Å². The van der Waals surface area contributed by atoms with Gasteiger partial charge in [0.1, 0.15) is 12.4 Å². The van der Waals surface area contributed by atoms with Crippen LogP contribution in [0.3, 0.4) is 0 Å². The van der Waals surface area contributed by atoms with Crippen LogP contribution in [0.4, 0.5) is 13.2 Å². The molecule has 1 aliphatic heterocycles. The third-order valence-corrected chi connectivity index (χ3v) is 6.97. The number of methoxy groups -OCH3 is 1. The van der Waals surface area contributed by atoms with Crippen LogP contribution in [0.25, 0.3) is 5.69 Å². The Morgan fingerprint density at radius 2 is 1.66 bits per heavy atom. The monoisotopic (exact) mass is 613 g/mol. The summed E-state index contributed by atoms with van der Waals surface area (Å²) in [5, 5.41) is 24.0. The Morgan fingerprint density at radius 1 is 1.02 bits per heavy atom. The van der Waals surface area contributed by atoms with Gasteiger partial charge >= 0.3 is 12.1 Å². The Hall–Kier alpha value is -4.33. The fourth-order valence-corrected chi connectivity index (χ4v) is 4.90. The smallest absolute Gasteiger partial charge is 0.489 e. The molecule has 234 valence electrons. The maximum atomic E-state index is 10.6. The van der Waals surface area contributed by atoms with Crippen molar-refractivity contribution in [2.45, 2.75) is 43.6 Å². The molecule has 0 amide bonds. The normalized spacial score (nSPS) is 15.1. The summed E-state index contributed by atoms with van der Waals surface area (Å²) in [6.07, 6.45) is -2.74. The quantitative estimate of drug-likeness (QED) is 0.247. The van der Waals surface area contributed by atoms with E-state index in [-0.39, 0.29) is 6.04 Å². The Labute approximate surface area is 252 Å². The van der Waals surface area contributed by atoms with Gasteiger partial charge in [-0.1, -0.05) is 66.7 Å². The maximum absolute atomic E-state index is 10.6. The predicted octanol–water partition coefficient (Wildman–Crippen LogP) is 4.73. The summed E-state index contributed by atoms with van der Waals surface area (Å²) in [6, 6.07) is 28.6. The van der Waals surface area contributed by atoms with Crippen LogP contribution in [0.15, 0.2) is 84.9 Å². The molecule has 2 heterocycles. The number of tetrazole rings is 1. The number of carboxylic acids is 1. The number of benzene rings is 3. The van der Waals surface area contributed by atoms with E-state index in [2.05, 4.69) is 57.2 Å². The van der Waals surface area contributed by atoms with Crippen molar-refractivity contribution in [3.63, 3.8) is 0 Å². The number of carbonyl (C=O) groups is 1. The molecule has 44 heavy (non-hydrogen) atoms. The first kappa shape index (κ1) is 32.6. The van der Waals surface area contributed by atoms with E-state index >= 15 is 0 Å². The summed E-state index contributed by atoms with van der Waals surface area (Å²) in [5.41, 5.74) is 2.76. The Kier molecular flexibility index (Phi) is 11.4. The highest BCUT2D eigenvalue weighted by molar-refractivity contribution is 5.73. The van der Waals surface area contributed by atoms with Gasteiger partial charge < -0.3 is 19.3 Å². The molecule has 1 fully saturated rings. The first-order valence-electron chi connectivity index (χ1n) is 13.9. The molecule has 13 heteroatoms. The molecule has 0 bridgehead atoms. The van der Waals surface area contributed by atoms with E-state index in [0.29, 0.717) is 26.4 Å². The summed E-state index contributed by atoms with van der Waals surface area (Å²) >= 11 is 0. The Balaban J connectivity index is 0.000000566. The zero-order valence-corrected chi connectivity index (χ0v) is 24.1. The minimum absolute atomic E-state index is 0.0798. The van der Waals surface area contributed by atoms with E-state index in [0.717, 1.165) is 42.1 Å². The van der Waals surface area contributed by atoms with Gasteiger partial charge in [-0.05, 0) is 52.9 Å². The number of hydrogen-bond acceptors (Lipinski definition) is 8.